The van der Waals surface area contributed by atoms with Gasteiger partial charge < -0.3 is 10.6 Å². The number of hydrogen-bond acceptors (Lipinski definition) is 6. The Labute approximate surface area is 201 Å². The number of hydrogen-bond donors (Lipinski definition) is 2. The van der Waals surface area contributed by atoms with Crippen molar-refractivity contribution in [3.05, 3.63) is 40.6 Å². The monoisotopic (exact) mass is 490 g/mol. The minimum Gasteiger partial charge on any atom is -0.353 e. The first kappa shape index (κ1) is 25.4. The van der Waals surface area contributed by atoms with Crippen LogP contribution in [0.25, 0.3) is 6.08 Å². The fraction of sp³-hybridized carbons (Fsp3) is 0.435. The number of thioether (sulfide) groups is 1. The standard InChI is InChI=1S/C23H27FN4O5S/c1-3-9-23(10-4-2)20(31)28(21(32)26-23)14-18(29)25-11-12-27-19(30)17(34-22(27)33)13-15-7-5-6-8-16(15)24/h5-8,13H,3-4,9-12,14H2,1-2H3,(H,25,29)(H,26,32)/b17-13-. The van der Waals surface area contributed by atoms with Crippen LogP contribution in [-0.4, -0.2) is 64.0 Å². The molecule has 2 N–H and O–H groups in total. The number of carbonyl (C=O) groups is 5. The number of halogens is 1. The molecule has 2 heterocycles. The summed E-state index contributed by atoms with van der Waals surface area (Å²) in [4.78, 5) is 64.3. The third kappa shape index (κ3) is 5.30. The van der Waals surface area contributed by atoms with Gasteiger partial charge in [-0.1, -0.05) is 44.9 Å². The Kier molecular flexibility index (Phi) is 8.08. The van der Waals surface area contributed by atoms with Crippen molar-refractivity contribution < 1.29 is 28.4 Å². The van der Waals surface area contributed by atoms with E-state index in [1.807, 2.05) is 13.8 Å². The van der Waals surface area contributed by atoms with Crippen LogP contribution in [0.2, 0.25) is 0 Å². The van der Waals surface area contributed by atoms with Crippen molar-refractivity contribution in [2.45, 2.75) is 45.1 Å². The van der Waals surface area contributed by atoms with Gasteiger partial charge >= 0.3 is 6.03 Å². The lowest BCUT2D eigenvalue weighted by Crippen LogP contribution is -2.48. The van der Waals surface area contributed by atoms with E-state index in [9.17, 15) is 28.4 Å². The maximum absolute atomic E-state index is 13.8. The van der Waals surface area contributed by atoms with E-state index in [1.54, 1.807) is 6.07 Å². The van der Waals surface area contributed by atoms with E-state index >= 15 is 0 Å². The normalized spacial score (nSPS) is 18.7. The number of nitrogens with one attached hydrogen (secondary N) is 2. The minimum absolute atomic E-state index is 0.0530. The molecule has 2 aliphatic heterocycles. The number of amides is 6. The molecule has 11 heteroatoms. The van der Waals surface area contributed by atoms with E-state index in [2.05, 4.69) is 10.6 Å². The molecule has 0 radical (unpaired) electrons. The van der Waals surface area contributed by atoms with Gasteiger partial charge in [0.05, 0.1) is 4.91 Å². The molecule has 0 saturated carbocycles. The van der Waals surface area contributed by atoms with Gasteiger partial charge in [0.25, 0.3) is 17.1 Å². The molecule has 2 aliphatic rings. The molecule has 0 atom stereocenters. The summed E-state index contributed by atoms with van der Waals surface area (Å²) < 4.78 is 13.8. The van der Waals surface area contributed by atoms with Crippen molar-refractivity contribution >= 4 is 46.8 Å². The molecule has 182 valence electrons. The average molecular weight is 491 g/mol. The molecule has 0 unspecified atom stereocenters. The molecule has 6 amide bonds. The van der Waals surface area contributed by atoms with Gasteiger partial charge in [-0.3, -0.25) is 29.0 Å². The topological polar surface area (TPSA) is 116 Å². The summed E-state index contributed by atoms with van der Waals surface area (Å²) in [6, 6.07) is 5.29. The molecule has 0 aliphatic carbocycles. The molecular formula is C23H27FN4O5S. The van der Waals surface area contributed by atoms with Gasteiger partial charge in [-0.05, 0) is 36.7 Å². The third-order valence-corrected chi connectivity index (χ3v) is 6.53. The number of urea groups is 1. The highest BCUT2D eigenvalue weighted by atomic mass is 32.2. The summed E-state index contributed by atoms with van der Waals surface area (Å²) in [7, 11) is 0. The van der Waals surface area contributed by atoms with E-state index in [4.69, 9.17) is 0 Å². The van der Waals surface area contributed by atoms with Gasteiger partial charge in [-0.25, -0.2) is 9.18 Å². The van der Waals surface area contributed by atoms with E-state index in [1.165, 1.54) is 24.3 Å². The van der Waals surface area contributed by atoms with E-state index in [-0.39, 0.29) is 23.6 Å². The largest absolute Gasteiger partial charge is 0.353 e. The summed E-state index contributed by atoms with van der Waals surface area (Å²) in [5.41, 5.74) is -0.787. The van der Waals surface area contributed by atoms with Gasteiger partial charge in [-0.15, -0.1) is 0 Å². The van der Waals surface area contributed by atoms with Crippen molar-refractivity contribution in [2.24, 2.45) is 0 Å². The Morgan fingerprint density at radius 2 is 1.79 bits per heavy atom. The maximum Gasteiger partial charge on any atom is 0.325 e. The van der Waals surface area contributed by atoms with Crippen LogP contribution in [0.3, 0.4) is 0 Å². The number of rotatable bonds is 10. The zero-order valence-electron chi connectivity index (χ0n) is 19.1. The van der Waals surface area contributed by atoms with Crippen LogP contribution in [0, 0.1) is 5.82 Å². The molecule has 9 nitrogen and oxygen atoms in total. The van der Waals surface area contributed by atoms with Gasteiger partial charge in [0.15, 0.2) is 0 Å². The first-order chi connectivity index (χ1) is 16.2. The Bertz CT molecular complexity index is 1040. The van der Waals surface area contributed by atoms with Crippen LogP contribution in [0.4, 0.5) is 14.0 Å². The van der Waals surface area contributed by atoms with Gasteiger partial charge in [0, 0.05) is 18.7 Å². The maximum atomic E-state index is 13.8. The molecule has 3 rings (SSSR count). The first-order valence-electron chi connectivity index (χ1n) is 11.1. The summed E-state index contributed by atoms with van der Waals surface area (Å²) in [6.07, 6.45) is 3.70. The predicted molar refractivity (Wildman–Crippen MR) is 125 cm³/mol. The second kappa shape index (κ2) is 10.8. The van der Waals surface area contributed by atoms with Crippen LogP contribution in [0.1, 0.15) is 45.1 Å². The number of nitrogens with zero attached hydrogens (tertiary/aromatic N) is 2. The zero-order chi connectivity index (χ0) is 24.9. The number of imide groups is 2. The van der Waals surface area contributed by atoms with Gasteiger partial charge in [0.1, 0.15) is 17.9 Å². The predicted octanol–water partition coefficient (Wildman–Crippen LogP) is 2.87. The van der Waals surface area contributed by atoms with Crippen molar-refractivity contribution in [3.8, 4) is 0 Å². The van der Waals surface area contributed by atoms with Crippen LogP contribution < -0.4 is 10.6 Å². The lowest BCUT2D eigenvalue weighted by molar-refractivity contribution is -0.135. The Hall–Kier alpha value is -3.21. The van der Waals surface area contributed by atoms with E-state index in [0.717, 1.165) is 9.80 Å². The fourth-order valence-electron chi connectivity index (χ4n) is 4.07. The molecule has 1 aromatic rings. The molecule has 0 spiro atoms. The molecule has 0 bridgehead atoms. The van der Waals surface area contributed by atoms with Crippen LogP contribution >= 0.6 is 11.8 Å². The smallest absolute Gasteiger partial charge is 0.325 e. The Morgan fingerprint density at radius 1 is 1.12 bits per heavy atom. The number of benzene rings is 1. The summed E-state index contributed by atoms with van der Waals surface area (Å²) in [5, 5.41) is 4.75. The lowest BCUT2D eigenvalue weighted by Gasteiger charge is -2.25. The quantitative estimate of drug-likeness (QED) is 0.385. The van der Waals surface area contributed by atoms with Crippen molar-refractivity contribution in [1.82, 2.24) is 20.4 Å². The zero-order valence-corrected chi connectivity index (χ0v) is 19.9. The Balaban J connectivity index is 1.54. The summed E-state index contributed by atoms with van der Waals surface area (Å²) in [5.74, 6) is -2.09. The highest BCUT2D eigenvalue weighted by Gasteiger charge is 2.50. The highest BCUT2D eigenvalue weighted by Crippen LogP contribution is 2.32. The number of carbonyl (C=O) groups excluding carboxylic acids is 5. The van der Waals surface area contributed by atoms with Crippen LogP contribution in [-0.2, 0) is 14.4 Å². The van der Waals surface area contributed by atoms with E-state index in [0.29, 0.717) is 37.4 Å². The molecular weight excluding hydrogens is 463 g/mol. The molecule has 0 aromatic heterocycles. The first-order valence-corrected chi connectivity index (χ1v) is 11.9. The molecule has 34 heavy (non-hydrogen) atoms. The molecule has 1 aromatic carbocycles. The molecule has 2 saturated heterocycles. The van der Waals surface area contributed by atoms with Crippen molar-refractivity contribution in [3.63, 3.8) is 0 Å². The Morgan fingerprint density at radius 3 is 2.44 bits per heavy atom. The van der Waals surface area contributed by atoms with Crippen LogP contribution in [0.15, 0.2) is 29.2 Å². The van der Waals surface area contributed by atoms with Gasteiger partial charge in [0.2, 0.25) is 5.91 Å². The molecule has 2 fully saturated rings. The van der Waals surface area contributed by atoms with Crippen LogP contribution in [0.5, 0.6) is 0 Å². The summed E-state index contributed by atoms with van der Waals surface area (Å²) in [6.45, 7) is 3.24. The van der Waals surface area contributed by atoms with Crippen molar-refractivity contribution in [2.75, 3.05) is 19.6 Å². The SMILES string of the molecule is CCCC1(CCC)NC(=O)N(CC(=O)NCCN2C(=O)S/C(=C\c3ccccc3F)C2=O)C1=O. The van der Waals surface area contributed by atoms with E-state index < -0.39 is 46.9 Å². The second-order valence-corrected chi connectivity index (χ2v) is 9.10. The second-order valence-electron chi connectivity index (χ2n) is 8.11. The summed E-state index contributed by atoms with van der Waals surface area (Å²) >= 11 is 0.693. The van der Waals surface area contributed by atoms with Crippen molar-refractivity contribution in [1.29, 1.82) is 0 Å². The lowest BCUT2D eigenvalue weighted by atomic mass is 9.88. The van der Waals surface area contributed by atoms with Gasteiger partial charge in [-0.2, -0.15) is 0 Å². The third-order valence-electron chi connectivity index (χ3n) is 5.62. The minimum atomic E-state index is -0.979. The average Bonchev–Trinajstić information content (AvgIpc) is 3.18. The highest BCUT2D eigenvalue weighted by molar-refractivity contribution is 8.18. The fourth-order valence-corrected chi connectivity index (χ4v) is 4.93.